The van der Waals surface area contributed by atoms with E-state index in [1.54, 1.807) is 6.92 Å². The number of hydrogen-bond acceptors (Lipinski definition) is 3. The average molecular weight is 152 g/mol. The van der Waals surface area contributed by atoms with Crippen molar-refractivity contribution in [3.8, 4) is 6.07 Å². The molecular weight excluding hydrogens is 140 g/mol. The Morgan fingerprint density at radius 1 is 1.64 bits per heavy atom. The summed E-state index contributed by atoms with van der Waals surface area (Å²) < 4.78 is 0. The Labute approximate surface area is 66.7 Å². The summed E-state index contributed by atoms with van der Waals surface area (Å²) in [6, 6.07) is 2.00. The van der Waals surface area contributed by atoms with Gasteiger partial charge in [-0.15, -0.1) is 0 Å². The third kappa shape index (κ3) is 6.59. The van der Waals surface area contributed by atoms with Crippen molar-refractivity contribution in [1.82, 2.24) is 5.32 Å². The first-order valence-electron chi connectivity index (χ1n) is 3.46. The summed E-state index contributed by atoms with van der Waals surface area (Å²) in [4.78, 5) is 10.5. The van der Waals surface area contributed by atoms with Crippen LogP contribution in [0.2, 0.25) is 0 Å². The lowest BCUT2D eigenvalue weighted by atomic mass is 10.3. The van der Waals surface area contributed by atoms with Crippen LogP contribution in [0.25, 0.3) is 0 Å². The first-order chi connectivity index (χ1) is 5.16. The number of allylic oxidation sites excluding steroid dienone is 2. The van der Waals surface area contributed by atoms with Gasteiger partial charge in [0.15, 0.2) is 5.78 Å². The van der Waals surface area contributed by atoms with Crippen LogP contribution in [-0.4, -0.2) is 12.3 Å². The largest absolute Gasteiger partial charge is 0.387 e. The molecule has 0 aromatic carbocycles. The second-order valence-corrected chi connectivity index (χ2v) is 2.27. The molecule has 3 nitrogen and oxygen atoms in total. The summed E-state index contributed by atoms with van der Waals surface area (Å²) in [5.74, 6) is 0.0203. The number of carbonyl (C=O) groups excluding carboxylic acids is 1. The number of rotatable bonds is 4. The van der Waals surface area contributed by atoms with Gasteiger partial charge in [0.1, 0.15) is 0 Å². The summed E-state index contributed by atoms with van der Waals surface area (Å²) >= 11 is 0. The van der Waals surface area contributed by atoms with Crippen LogP contribution in [0.4, 0.5) is 0 Å². The molecule has 0 aliphatic rings. The highest BCUT2D eigenvalue weighted by atomic mass is 16.1. The molecule has 0 aliphatic carbocycles. The molecule has 0 spiro atoms. The summed E-state index contributed by atoms with van der Waals surface area (Å²) in [6.45, 7) is 3.90. The maximum Gasteiger partial charge on any atom is 0.154 e. The van der Waals surface area contributed by atoms with Crippen LogP contribution in [0.15, 0.2) is 11.8 Å². The highest BCUT2D eigenvalue weighted by molar-refractivity contribution is 5.87. The zero-order valence-electron chi connectivity index (χ0n) is 6.85. The van der Waals surface area contributed by atoms with Gasteiger partial charge in [0, 0.05) is 12.2 Å². The molecule has 60 valence electrons. The van der Waals surface area contributed by atoms with Crippen molar-refractivity contribution in [1.29, 1.82) is 5.26 Å². The third-order valence-corrected chi connectivity index (χ3v) is 1.06. The van der Waals surface area contributed by atoms with Crippen LogP contribution >= 0.6 is 0 Å². The third-order valence-electron chi connectivity index (χ3n) is 1.06. The Kier molecular flexibility index (Phi) is 4.83. The number of hydrogen-bond donors (Lipinski definition) is 1. The van der Waals surface area contributed by atoms with E-state index >= 15 is 0 Å². The Bertz CT molecular complexity index is 201. The minimum Gasteiger partial charge on any atom is -0.387 e. The van der Waals surface area contributed by atoms with E-state index < -0.39 is 0 Å². The Balaban J connectivity index is 3.61. The van der Waals surface area contributed by atoms with Crippen LogP contribution < -0.4 is 5.32 Å². The van der Waals surface area contributed by atoms with Crippen molar-refractivity contribution >= 4 is 5.78 Å². The monoisotopic (exact) mass is 152 g/mol. The molecule has 0 saturated heterocycles. The molecule has 0 aliphatic heterocycles. The van der Waals surface area contributed by atoms with Gasteiger partial charge >= 0.3 is 0 Å². The van der Waals surface area contributed by atoms with Gasteiger partial charge in [-0.05, 0) is 19.9 Å². The number of nitrogens with zero attached hydrogens (tertiary/aromatic N) is 1. The first kappa shape index (κ1) is 9.70. The first-order valence-corrected chi connectivity index (χ1v) is 3.46. The lowest BCUT2D eigenvalue weighted by Crippen LogP contribution is -2.12. The minimum atomic E-state index is 0.0203. The quantitative estimate of drug-likeness (QED) is 0.482. The molecule has 0 saturated carbocycles. The van der Waals surface area contributed by atoms with Crippen LogP contribution in [0.1, 0.15) is 20.3 Å². The van der Waals surface area contributed by atoms with Crippen LogP contribution in [0, 0.1) is 11.3 Å². The van der Waals surface area contributed by atoms with Gasteiger partial charge in [0.2, 0.25) is 0 Å². The zero-order chi connectivity index (χ0) is 8.69. The van der Waals surface area contributed by atoms with Crippen LogP contribution in [-0.2, 0) is 4.79 Å². The van der Waals surface area contributed by atoms with Crippen molar-refractivity contribution in [2.45, 2.75) is 20.3 Å². The fourth-order valence-electron chi connectivity index (χ4n) is 0.671. The van der Waals surface area contributed by atoms with E-state index in [1.165, 1.54) is 13.0 Å². The standard InChI is InChI=1S/C8H12N2O/c1-7(6-8(2)11)10-5-3-4-9/h6,10H,3,5H2,1-2H3/b7-6-. The molecule has 0 fully saturated rings. The molecular formula is C8H12N2O. The number of nitriles is 1. The predicted molar refractivity (Wildman–Crippen MR) is 42.7 cm³/mol. The second kappa shape index (κ2) is 5.48. The molecule has 0 amide bonds. The van der Waals surface area contributed by atoms with Crippen LogP contribution in [0.3, 0.4) is 0 Å². The Morgan fingerprint density at radius 3 is 2.73 bits per heavy atom. The minimum absolute atomic E-state index is 0.0203. The molecule has 0 aromatic rings. The summed E-state index contributed by atoms with van der Waals surface area (Å²) in [7, 11) is 0. The van der Waals surface area contributed by atoms with Gasteiger partial charge in [-0.2, -0.15) is 5.26 Å². The highest BCUT2D eigenvalue weighted by Crippen LogP contribution is 1.86. The molecule has 1 N–H and O–H groups in total. The number of carbonyl (C=O) groups is 1. The zero-order valence-corrected chi connectivity index (χ0v) is 6.85. The Hall–Kier alpha value is -1.30. The summed E-state index contributed by atoms with van der Waals surface area (Å²) in [6.07, 6.45) is 1.97. The second-order valence-electron chi connectivity index (χ2n) is 2.27. The fraction of sp³-hybridized carbons (Fsp3) is 0.500. The van der Waals surface area contributed by atoms with E-state index in [4.69, 9.17) is 5.26 Å². The lowest BCUT2D eigenvalue weighted by molar-refractivity contribution is -0.112. The van der Waals surface area contributed by atoms with Crippen molar-refractivity contribution < 1.29 is 4.79 Å². The predicted octanol–water partition coefficient (Wildman–Crippen LogP) is 0.982. The Morgan fingerprint density at radius 2 is 2.27 bits per heavy atom. The molecule has 0 atom stereocenters. The van der Waals surface area contributed by atoms with Crippen LogP contribution in [0.5, 0.6) is 0 Å². The van der Waals surface area contributed by atoms with Gasteiger partial charge in [-0.25, -0.2) is 0 Å². The van der Waals surface area contributed by atoms with Gasteiger partial charge in [-0.1, -0.05) is 0 Å². The van der Waals surface area contributed by atoms with E-state index in [-0.39, 0.29) is 5.78 Å². The van der Waals surface area contributed by atoms with Gasteiger partial charge < -0.3 is 5.32 Å². The van der Waals surface area contributed by atoms with Crippen molar-refractivity contribution in [3.63, 3.8) is 0 Å². The average Bonchev–Trinajstić information content (AvgIpc) is 1.86. The van der Waals surface area contributed by atoms with Crippen molar-refractivity contribution in [3.05, 3.63) is 11.8 Å². The van der Waals surface area contributed by atoms with Crippen molar-refractivity contribution in [2.75, 3.05) is 6.54 Å². The summed E-state index contributed by atoms with van der Waals surface area (Å²) in [5.41, 5.74) is 0.813. The van der Waals surface area contributed by atoms with E-state index in [2.05, 4.69) is 5.32 Å². The molecule has 0 heterocycles. The molecule has 0 bridgehead atoms. The molecule has 0 rings (SSSR count). The maximum atomic E-state index is 10.5. The van der Waals surface area contributed by atoms with Gasteiger partial charge in [0.05, 0.1) is 12.5 Å². The van der Waals surface area contributed by atoms with E-state index in [0.29, 0.717) is 13.0 Å². The van der Waals surface area contributed by atoms with Gasteiger partial charge in [-0.3, -0.25) is 4.79 Å². The normalized spacial score (nSPS) is 10.5. The number of ketones is 1. The van der Waals surface area contributed by atoms with Gasteiger partial charge in [0.25, 0.3) is 0 Å². The number of nitrogens with one attached hydrogen (secondary N) is 1. The van der Waals surface area contributed by atoms with E-state index in [9.17, 15) is 4.79 Å². The summed E-state index contributed by atoms with van der Waals surface area (Å²) in [5, 5.41) is 11.1. The maximum absolute atomic E-state index is 10.5. The SMILES string of the molecule is CC(=O)/C=C(/C)NCCC#N. The molecule has 0 aromatic heterocycles. The molecule has 0 radical (unpaired) electrons. The molecule has 11 heavy (non-hydrogen) atoms. The fourth-order valence-corrected chi connectivity index (χ4v) is 0.671. The molecule has 0 unspecified atom stereocenters. The topological polar surface area (TPSA) is 52.9 Å². The molecule has 3 heteroatoms. The van der Waals surface area contributed by atoms with E-state index in [0.717, 1.165) is 5.70 Å². The highest BCUT2D eigenvalue weighted by Gasteiger charge is 1.89. The smallest absolute Gasteiger partial charge is 0.154 e. The van der Waals surface area contributed by atoms with E-state index in [1.807, 2.05) is 6.07 Å². The lowest BCUT2D eigenvalue weighted by Gasteiger charge is -2.00. The van der Waals surface area contributed by atoms with Crippen molar-refractivity contribution in [2.24, 2.45) is 0 Å².